The second-order valence-electron chi connectivity index (χ2n) is 5.97. The number of hydrogen-bond acceptors (Lipinski definition) is 2. The van der Waals surface area contributed by atoms with E-state index in [1.165, 1.54) is 12.8 Å². The number of piperidine rings is 1. The van der Waals surface area contributed by atoms with Gasteiger partial charge >= 0.3 is 0 Å². The third-order valence-corrected chi connectivity index (χ3v) is 4.37. The van der Waals surface area contributed by atoms with Gasteiger partial charge in [0.25, 0.3) is 0 Å². The number of rotatable bonds is 5. The zero-order valence-electron chi connectivity index (χ0n) is 12.6. The third-order valence-electron chi connectivity index (χ3n) is 4.37. The summed E-state index contributed by atoms with van der Waals surface area (Å²) >= 11 is 0. The Morgan fingerprint density at radius 3 is 2.55 bits per heavy atom. The molecule has 1 amide bonds. The maximum absolute atomic E-state index is 12.2. The van der Waals surface area contributed by atoms with Crippen LogP contribution in [-0.4, -0.2) is 19.0 Å². The smallest absolute Gasteiger partial charge is 0.220 e. The molecule has 0 radical (unpaired) electrons. The van der Waals surface area contributed by atoms with Crippen LogP contribution in [0, 0.1) is 11.8 Å². The molecule has 110 valence electrons. The Bertz CT molecular complexity index is 412. The largest absolute Gasteiger partial charge is 0.350 e. The molecular weight excluding hydrogens is 248 g/mol. The third kappa shape index (κ3) is 4.34. The van der Waals surface area contributed by atoms with Crippen molar-refractivity contribution in [1.29, 1.82) is 0 Å². The van der Waals surface area contributed by atoms with E-state index in [9.17, 15) is 4.79 Å². The number of hydrogen-bond donors (Lipinski definition) is 2. The predicted octanol–water partition coefficient (Wildman–Crippen LogP) is 2.89. The van der Waals surface area contributed by atoms with Crippen molar-refractivity contribution >= 4 is 5.91 Å². The number of nitrogens with one attached hydrogen (secondary N) is 2. The molecule has 1 aromatic carbocycles. The van der Waals surface area contributed by atoms with E-state index in [4.69, 9.17) is 0 Å². The van der Waals surface area contributed by atoms with Gasteiger partial charge in [0.2, 0.25) is 5.91 Å². The molecule has 2 rings (SSSR count). The Morgan fingerprint density at radius 1 is 1.25 bits per heavy atom. The van der Waals surface area contributed by atoms with E-state index in [0.29, 0.717) is 18.3 Å². The number of carbonyl (C=O) groups excluding carboxylic acids is 1. The van der Waals surface area contributed by atoms with Gasteiger partial charge in [0.05, 0.1) is 6.04 Å². The minimum Gasteiger partial charge on any atom is -0.350 e. The fraction of sp³-hybridized carbons (Fsp3) is 0.588. The summed E-state index contributed by atoms with van der Waals surface area (Å²) in [5.74, 6) is 1.33. The lowest BCUT2D eigenvalue weighted by molar-refractivity contribution is -0.123. The summed E-state index contributed by atoms with van der Waals surface area (Å²) in [6.45, 7) is 6.44. The highest BCUT2D eigenvalue weighted by molar-refractivity contribution is 5.76. The van der Waals surface area contributed by atoms with E-state index in [1.807, 2.05) is 25.1 Å². The average Bonchev–Trinajstić information content (AvgIpc) is 2.49. The van der Waals surface area contributed by atoms with Gasteiger partial charge in [0.15, 0.2) is 0 Å². The standard InChI is InChI=1S/C17H26N2O/c1-13(15-8-10-18-11-9-15)12-17(20)19-14(2)16-6-4-3-5-7-16/h3-7,13-15,18H,8-12H2,1-2H3,(H,19,20). The normalized spacial score (nSPS) is 19.3. The molecule has 0 bridgehead atoms. The summed E-state index contributed by atoms with van der Waals surface area (Å²) < 4.78 is 0. The molecule has 1 aliphatic heterocycles. The zero-order chi connectivity index (χ0) is 14.4. The summed E-state index contributed by atoms with van der Waals surface area (Å²) in [6.07, 6.45) is 3.03. The van der Waals surface area contributed by atoms with Gasteiger partial charge in [-0.1, -0.05) is 37.3 Å². The van der Waals surface area contributed by atoms with Crippen LogP contribution in [-0.2, 0) is 4.79 Å². The average molecular weight is 274 g/mol. The SMILES string of the molecule is CC(NC(=O)CC(C)C1CCNCC1)c1ccccc1. The van der Waals surface area contributed by atoms with E-state index < -0.39 is 0 Å². The Morgan fingerprint density at radius 2 is 1.90 bits per heavy atom. The van der Waals surface area contributed by atoms with Crippen molar-refractivity contribution in [2.45, 2.75) is 39.2 Å². The van der Waals surface area contributed by atoms with Crippen LogP contribution >= 0.6 is 0 Å². The van der Waals surface area contributed by atoms with Gasteiger partial charge in [0, 0.05) is 6.42 Å². The second-order valence-corrected chi connectivity index (χ2v) is 5.97. The van der Waals surface area contributed by atoms with Crippen molar-refractivity contribution in [3.05, 3.63) is 35.9 Å². The van der Waals surface area contributed by atoms with E-state index >= 15 is 0 Å². The lowest BCUT2D eigenvalue weighted by Crippen LogP contribution is -2.34. The summed E-state index contributed by atoms with van der Waals surface area (Å²) in [5.41, 5.74) is 1.16. The minimum absolute atomic E-state index is 0.0870. The van der Waals surface area contributed by atoms with Crippen LogP contribution in [0.2, 0.25) is 0 Å². The Kier molecular flexibility index (Phi) is 5.60. The first-order chi connectivity index (χ1) is 9.66. The van der Waals surface area contributed by atoms with E-state index in [-0.39, 0.29) is 11.9 Å². The van der Waals surface area contributed by atoms with Crippen LogP contribution in [0.1, 0.15) is 44.7 Å². The van der Waals surface area contributed by atoms with Crippen LogP contribution < -0.4 is 10.6 Å². The van der Waals surface area contributed by atoms with Crippen molar-refractivity contribution in [2.75, 3.05) is 13.1 Å². The van der Waals surface area contributed by atoms with Crippen LogP contribution in [0.5, 0.6) is 0 Å². The first-order valence-corrected chi connectivity index (χ1v) is 7.72. The molecule has 20 heavy (non-hydrogen) atoms. The predicted molar refractivity (Wildman–Crippen MR) is 82.4 cm³/mol. The van der Waals surface area contributed by atoms with Crippen molar-refractivity contribution in [1.82, 2.24) is 10.6 Å². The lowest BCUT2D eigenvalue weighted by atomic mass is 9.84. The van der Waals surface area contributed by atoms with Crippen molar-refractivity contribution in [3.63, 3.8) is 0 Å². The van der Waals surface area contributed by atoms with Crippen molar-refractivity contribution in [3.8, 4) is 0 Å². The van der Waals surface area contributed by atoms with Crippen molar-refractivity contribution in [2.24, 2.45) is 11.8 Å². The van der Waals surface area contributed by atoms with E-state index in [2.05, 4.69) is 29.7 Å². The Balaban J connectivity index is 1.79. The monoisotopic (exact) mass is 274 g/mol. The van der Waals surface area contributed by atoms with E-state index in [1.54, 1.807) is 0 Å². The Labute approximate surface area is 122 Å². The molecule has 1 fully saturated rings. The van der Waals surface area contributed by atoms with Crippen LogP contribution in [0.3, 0.4) is 0 Å². The first-order valence-electron chi connectivity index (χ1n) is 7.72. The molecule has 0 saturated carbocycles. The molecule has 0 aromatic heterocycles. The summed E-state index contributed by atoms with van der Waals surface area (Å²) in [6, 6.07) is 10.2. The highest BCUT2D eigenvalue weighted by Crippen LogP contribution is 2.24. The minimum atomic E-state index is 0.0870. The molecule has 0 aliphatic carbocycles. The van der Waals surface area contributed by atoms with Gasteiger partial charge in [-0.15, -0.1) is 0 Å². The maximum Gasteiger partial charge on any atom is 0.220 e. The van der Waals surface area contributed by atoms with Crippen molar-refractivity contribution < 1.29 is 4.79 Å². The number of amides is 1. The first kappa shape index (κ1) is 15.0. The van der Waals surface area contributed by atoms with Crippen LogP contribution in [0.15, 0.2) is 30.3 Å². The molecule has 0 spiro atoms. The molecule has 3 heteroatoms. The molecule has 2 atom stereocenters. The maximum atomic E-state index is 12.2. The van der Waals surface area contributed by atoms with Gasteiger partial charge in [-0.25, -0.2) is 0 Å². The summed E-state index contributed by atoms with van der Waals surface area (Å²) in [7, 11) is 0. The topological polar surface area (TPSA) is 41.1 Å². The Hall–Kier alpha value is -1.35. The second kappa shape index (κ2) is 7.44. The van der Waals surface area contributed by atoms with Gasteiger partial charge in [0.1, 0.15) is 0 Å². The molecule has 1 heterocycles. The van der Waals surface area contributed by atoms with Crippen LogP contribution in [0.25, 0.3) is 0 Å². The molecule has 1 saturated heterocycles. The summed E-state index contributed by atoms with van der Waals surface area (Å²) in [5, 5.41) is 6.49. The van der Waals surface area contributed by atoms with E-state index in [0.717, 1.165) is 18.7 Å². The van der Waals surface area contributed by atoms with Gasteiger partial charge < -0.3 is 10.6 Å². The molecular formula is C17H26N2O. The lowest BCUT2D eigenvalue weighted by Gasteiger charge is -2.28. The van der Waals surface area contributed by atoms with Gasteiger partial charge in [-0.05, 0) is 50.3 Å². The fourth-order valence-electron chi connectivity index (χ4n) is 3.00. The quantitative estimate of drug-likeness (QED) is 0.867. The highest BCUT2D eigenvalue weighted by Gasteiger charge is 2.22. The molecule has 1 aliphatic rings. The van der Waals surface area contributed by atoms with Crippen LogP contribution in [0.4, 0.5) is 0 Å². The molecule has 2 N–H and O–H groups in total. The molecule has 1 aromatic rings. The molecule has 3 nitrogen and oxygen atoms in total. The fourth-order valence-corrected chi connectivity index (χ4v) is 3.00. The summed E-state index contributed by atoms with van der Waals surface area (Å²) in [4.78, 5) is 12.2. The zero-order valence-corrected chi connectivity index (χ0v) is 12.6. The van der Waals surface area contributed by atoms with Gasteiger partial charge in [-0.2, -0.15) is 0 Å². The number of benzene rings is 1. The highest BCUT2D eigenvalue weighted by atomic mass is 16.1. The molecule has 2 unspecified atom stereocenters. The van der Waals surface area contributed by atoms with Gasteiger partial charge in [-0.3, -0.25) is 4.79 Å². The number of carbonyl (C=O) groups is 1.